The molecule has 6 rings (SSSR count). The lowest BCUT2D eigenvalue weighted by molar-refractivity contribution is -0.0660. The zero-order valence-electron chi connectivity index (χ0n) is 23.1. The minimum absolute atomic E-state index is 0.123. The van der Waals surface area contributed by atoms with Gasteiger partial charge in [-0.1, -0.05) is 55.8 Å². The van der Waals surface area contributed by atoms with E-state index in [-0.39, 0.29) is 11.9 Å². The third kappa shape index (κ3) is 5.59. The van der Waals surface area contributed by atoms with Crippen LogP contribution < -0.4 is 10.2 Å². The van der Waals surface area contributed by atoms with Crippen molar-refractivity contribution < 1.29 is 9.53 Å². The summed E-state index contributed by atoms with van der Waals surface area (Å²) >= 11 is 6.50. The Balaban J connectivity index is 1.19. The maximum atomic E-state index is 13.4. The van der Waals surface area contributed by atoms with E-state index >= 15 is 0 Å². The molecular weight excluding hydrogens is 522 g/mol. The van der Waals surface area contributed by atoms with Crippen molar-refractivity contribution in [1.82, 2.24) is 20.4 Å². The number of benzene rings is 3. The standard InChI is InChI=1S/C32H36ClN5O2/c1-21(2)17-30(26-5-3-4-6-28(26)33)34-32(39)23-9-12-29-27(18-23)31(36-35-29)22-7-10-24(11-8-22)37-13-15-38(16-14-37)25-19-40-20-25/h3-12,18,21,25,30H,13-17,19-20H2,1-2H3,(H,34,39)(H,35,36)/t30-/m0/s1. The second-order valence-electron chi connectivity index (χ2n) is 11.3. The average Bonchev–Trinajstić information content (AvgIpc) is 3.36. The van der Waals surface area contributed by atoms with Gasteiger partial charge in [0.25, 0.3) is 5.91 Å². The number of halogens is 1. The van der Waals surface area contributed by atoms with Gasteiger partial charge in [-0.15, -0.1) is 0 Å². The highest BCUT2D eigenvalue weighted by atomic mass is 35.5. The molecule has 1 aromatic heterocycles. The molecule has 2 saturated heterocycles. The molecule has 0 saturated carbocycles. The van der Waals surface area contributed by atoms with Crippen LogP contribution in [-0.2, 0) is 4.74 Å². The molecule has 0 radical (unpaired) electrons. The van der Waals surface area contributed by atoms with Gasteiger partial charge in [0.2, 0.25) is 0 Å². The van der Waals surface area contributed by atoms with E-state index < -0.39 is 0 Å². The third-order valence-corrected chi connectivity index (χ3v) is 8.42. The molecule has 208 valence electrons. The number of fused-ring (bicyclic) bond motifs is 1. The highest BCUT2D eigenvalue weighted by Gasteiger charge is 2.29. The van der Waals surface area contributed by atoms with Gasteiger partial charge in [0, 0.05) is 53.4 Å². The van der Waals surface area contributed by atoms with Crippen molar-refractivity contribution in [3.63, 3.8) is 0 Å². The molecule has 0 unspecified atom stereocenters. The monoisotopic (exact) mass is 557 g/mol. The Bertz CT molecular complexity index is 1470. The van der Waals surface area contributed by atoms with Crippen LogP contribution in [0.25, 0.3) is 22.2 Å². The Hall–Kier alpha value is -3.39. The van der Waals surface area contributed by atoms with Crippen molar-refractivity contribution in [1.29, 1.82) is 0 Å². The quantitative estimate of drug-likeness (QED) is 0.281. The fourth-order valence-electron chi connectivity index (χ4n) is 5.72. The van der Waals surface area contributed by atoms with E-state index in [0.29, 0.717) is 22.5 Å². The molecule has 1 atom stereocenters. The second-order valence-corrected chi connectivity index (χ2v) is 11.7. The fraction of sp³-hybridized carbons (Fsp3) is 0.375. The van der Waals surface area contributed by atoms with Crippen molar-refractivity contribution in [3.8, 4) is 11.3 Å². The van der Waals surface area contributed by atoms with E-state index in [1.807, 2.05) is 42.5 Å². The Labute approximate surface area is 240 Å². The van der Waals surface area contributed by atoms with Crippen LogP contribution in [0.2, 0.25) is 5.02 Å². The molecule has 2 aliphatic heterocycles. The van der Waals surface area contributed by atoms with Gasteiger partial charge in [-0.05, 0) is 54.3 Å². The van der Waals surface area contributed by atoms with Crippen molar-refractivity contribution in [2.75, 3.05) is 44.3 Å². The number of rotatable bonds is 8. The molecule has 3 aromatic carbocycles. The lowest BCUT2D eigenvalue weighted by Crippen LogP contribution is -2.56. The summed E-state index contributed by atoms with van der Waals surface area (Å²) in [7, 11) is 0. The first-order chi connectivity index (χ1) is 19.5. The number of ether oxygens (including phenoxy) is 1. The first-order valence-electron chi connectivity index (χ1n) is 14.2. The first kappa shape index (κ1) is 26.8. The largest absolute Gasteiger partial charge is 0.378 e. The van der Waals surface area contributed by atoms with Crippen LogP contribution in [0.5, 0.6) is 0 Å². The van der Waals surface area contributed by atoms with Crippen molar-refractivity contribution in [2.24, 2.45) is 5.92 Å². The fourth-order valence-corrected chi connectivity index (χ4v) is 5.99. The van der Waals surface area contributed by atoms with Crippen LogP contribution in [0.15, 0.2) is 66.7 Å². The highest BCUT2D eigenvalue weighted by molar-refractivity contribution is 6.31. The molecule has 0 aliphatic carbocycles. The van der Waals surface area contributed by atoms with E-state index in [1.165, 1.54) is 5.69 Å². The lowest BCUT2D eigenvalue weighted by Gasteiger charge is -2.43. The summed E-state index contributed by atoms with van der Waals surface area (Å²) in [5, 5.41) is 12.6. The van der Waals surface area contributed by atoms with E-state index in [2.05, 4.69) is 63.4 Å². The summed E-state index contributed by atoms with van der Waals surface area (Å²) in [6.45, 7) is 10.2. The summed E-state index contributed by atoms with van der Waals surface area (Å²) in [4.78, 5) is 18.4. The van der Waals surface area contributed by atoms with Gasteiger partial charge in [0.1, 0.15) is 0 Å². The number of amides is 1. The predicted molar refractivity (Wildman–Crippen MR) is 161 cm³/mol. The van der Waals surface area contributed by atoms with Crippen LogP contribution in [0, 0.1) is 5.92 Å². The van der Waals surface area contributed by atoms with E-state index in [4.69, 9.17) is 16.3 Å². The van der Waals surface area contributed by atoms with E-state index in [9.17, 15) is 4.79 Å². The predicted octanol–water partition coefficient (Wildman–Crippen LogP) is 5.92. The molecule has 3 heterocycles. The maximum absolute atomic E-state index is 13.4. The molecule has 2 fully saturated rings. The smallest absolute Gasteiger partial charge is 0.251 e. The van der Waals surface area contributed by atoms with Gasteiger partial charge in [-0.2, -0.15) is 5.10 Å². The minimum atomic E-state index is -0.169. The summed E-state index contributed by atoms with van der Waals surface area (Å²) in [5.74, 6) is 0.274. The third-order valence-electron chi connectivity index (χ3n) is 8.08. The van der Waals surface area contributed by atoms with Gasteiger partial charge >= 0.3 is 0 Å². The topological polar surface area (TPSA) is 73.5 Å². The van der Waals surface area contributed by atoms with Crippen LogP contribution in [0.4, 0.5) is 5.69 Å². The number of anilines is 1. The molecule has 40 heavy (non-hydrogen) atoms. The number of carbonyl (C=O) groups is 1. The number of nitrogens with one attached hydrogen (secondary N) is 2. The Morgan fingerprint density at radius 3 is 2.48 bits per heavy atom. The Morgan fingerprint density at radius 1 is 1.05 bits per heavy atom. The number of hydrogen-bond donors (Lipinski definition) is 2. The van der Waals surface area contributed by atoms with Gasteiger partial charge in [-0.25, -0.2) is 0 Å². The van der Waals surface area contributed by atoms with Gasteiger partial charge in [-0.3, -0.25) is 14.8 Å². The molecule has 0 bridgehead atoms. The summed E-state index contributed by atoms with van der Waals surface area (Å²) in [6, 6.07) is 22.5. The SMILES string of the molecule is CC(C)C[C@H](NC(=O)c1ccc2[nH]nc(-c3ccc(N4CCN(C5COC5)CC4)cc3)c2c1)c1ccccc1Cl. The van der Waals surface area contributed by atoms with E-state index in [0.717, 1.165) is 73.5 Å². The lowest BCUT2D eigenvalue weighted by atomic mass is 9.96. The van der Waals surface area contributed by atoms with Crippen LogP contribution in [-0.4, -0.2) is 66.4 Å². The van der Waals surface area contributed by atoms with Crippen LogP contribution in [0.3, 0.4) is 0 Å². The number of aromatic nitrogens is 2. The Morgan fingerprint density at radius 2 is 1.80 bits per heavy atom. The van der Waals surface area contributed by atoms with Crippen molar-refractivity contribution in [3.05, 3.63) is 82.9 Å². The normalized spacial score (nSPS) is 17.2. The number of carbonyl (C=O) groups excluding carboxylic acids is 1. The van der Waals surface area contributed by atoms with Crippen molar-refractivity contribution >= 4 is 34.1 Å². The number of nitrogens with zero attached hydrogens (tertiary/aromatic N) is 3. The molecular formula is C32H36ClN5O2. The van der Waals surface area contributed by atoms with Crippen LogP contribution >= 0.6 is 11.6 Å². The molecule has 7 nitrogen and oxygen atoms in total. The molecule has 2 N–H and O–H groups in total. The molecule has 0 spiro atoms. The number of aromatic amines is 1. The van der Waals surface area contributed by atoms with E-state index in [1.54, 1.807) is 0 Å². The Kier molecular flexibility index (Phi) is 7.78. The second kappa shape index (κ2) is 11.6. The zero-order chi connectivity index (χ0) is 27.6. The minimum Gasteiger partial charge on any atom is -0.378 e. The summed E-state index contributed by atoms with van der Waals surface area (Å²) in [5.41, 5.74) is 5.53. The molecule has 4 aromatic rings. The van der Waals surface area contributed by atoms with Gasteiger partial charge in [0.05, 0.1) is 36.5 Å². The van der Waals surface area contributed by atoms with Crippen molar-refractivity contribution in [2.45, 2.75) is 32.4 Å². The molecule has 8 heteroatoms. The molecule has 1 amide bonds. The number of piperazine rings is 1. The summed E-state index contributed by atoms with van der Waals surface area (Å²) in [6.07, 6.45) is 0.797. The molecule has 2 aliphatic rings. The number of H-pyrrole nitrogens is 1. The van der Waals surface area contributed by atoms with Crippen LogP contribution in [0.1, 0.15) is 42.2 Å². The highest BCUT2D eigenvalue weighted by Crippen LogP contribution is 2.31. The van der Waals surface area contributed by atoms with Gasteiger partial charge < -0.3 is 15.0 Å². The zero-order valence-corrected chi connectivity index (χ0v) is 23.8. The average molecular weight is 558 g/mol. The van der Waals surface area contributed by atoms with Gasteiger partial charge in [0.15, 0.2) is 0 Å². The summed E-state index contributed by atoms with van der Waals surface area (Å²) < 4.78 is 5.36. The maximum Gasteiger partial charge on any atom is 0.251 e. The number of hydrogen-bond acceptors (Lipinski definition) is 5. The first-order valence-corrected chi connectivity index (χ1v) is 14.5.